The lowest BCUT2D eigenvalue weighted by Gasteiger charge is -2.22. The normalized spacial score (nSPS) is 16.0. The van der Waals surface area contributed by atoms with Gasteiger partial charge in [0.1, 0.15) is 0 Å². The van der Waals surface area contributed by atoms with E-state index in [1.54, 1.807) is 0 Å². The molecule has 0 aliphatic carbocycles. The van der Waals surface area contributed by atoms with Gasteiger partial charge in [-0.2, -0.15) is 0 Å². The van der Waals surface area contributed by atoms with Gasteiger partial charge in [0.15, 0.2) is 0 Å². The Morgan fingerprint density at radius 3 is 2.81 bits per heavy atom. The molecule has 1 aromatic heterocycles. The van der Waals surface area contributed by atoms with Crippen LogP contribution >= 0.6 is 15.9 Å². The minimum atomic E-state index is -0.347. The largest absolute Gasteiger partial charge is 0.312 e. The third kappa shape index (κ3) is 1.96. The third-order valence-corrected chi connectivity index (χ3v) is 3.43. The highest BCUT2D eigenvalue weighted by molar-refractivity contribution is 9.10. The average molecular weight is 285 g/mol. The first-order valence-corrected chi connectivity index (χ1v) is 6.35. The zero-order chi connectivity index (χ0) is 11.9. The van der Waals surface area contributed by atoms with Gasteiger partial charge in [-0.05, 0) is 27.6 Å². The quantitative estimate of drug-likeness (QED) is 0.795. The Hall–Kier alpha value is -0.610. The van der Waals surface area contributed by atoms with Crippen LogP contribution in [-0.2, 0) is 13.0 Å². The van der Waals surface area contributed by atoms with Gasteiger partial charge in [-0.1, -0.05) is 20.8 Å². The fourth-order valence-corrected chi connectivity index (χ4v) is 2.63. The monoisotopic (exact) mass is 284 g/mol. The van der Waals surface area contributed by atoms with Crippen molar-refractivity contribution in [3.05, 3.63) is 21.9 Å². The molecule has 2 heterocycles. The molecule has 3 nitrogen and oxygen atoms in total. The van der Waals surface area contributed by atoms with E-state index in [0.29, 0.717) is 0 Å². The van der Waals surface area contributed by atoms with Crippen LogP contribution in [0.1, 0.15) is 36.8 Å². The first-order valence-electron chi connectivity index (χ1n) is 5.56. The van der Waals surface area contributed by atoms with Crippen molar-refractivity contribution in [1.82, 2.24) is 9.88 Å². The molecule has 0 spiro atoms. The second-order valence-corrected chi connectivity index (χ2v) is 6.07. The van der Waals surface area contributed by atoms with Crippen molar-refractivity contribution in [3.8, 4) is 0 Å². The van der Waals surface area contributed by atoms with Crippen LogP contribution in [0.5, 0.6) is 0 Å². The smallest absolute Gasteiger partial charge is 0.237 e. The lowest BCUT2D eigenvalue weighted by Crippen LogP contribution is -2.31. The van der Waals surface area contributed by atoms with Crippen molar-refractivity contribution in [1.29, 1.82) is 0 Å². The van der Waals surface area contributed by atoms with Gasteiger partial charge in [-0.25, -0.2) is 0 Å². The van der Waals surface area contributed by atoms with Crippen molar-refractivity contribution in [2.75, 3.05) is 6.54 Å². The second kappa shape index (κ2) is 4.00. The summed E-state index contributed by atoms with van der Waals surface area (Å²) in [6.07, 6.45) is 0.919. The molecular weight excluding hydrogens is 268 g/mol. The van der Waals surface area contributed by atoms with Gasteiger partial charge in [0.05, 0.1) is 4.60 Å². The number of nitrogens with one attached hydrogen (secondary N) is 1. The number of fused-ring (bicyclic) bond motifs is 1. The topological polar surface area (TPSA) is 34.0 Å². The van der Waals surface area contributed by atoms with Gasteiger partial charge in [0.25, 0.3) is 0 Å². The molecule has 1 aromatic rings. The fourth-order valence-electron chi connectivity index (χ4n) is 1.97. The van der Waals surface area contributed by atoms with Crippen LogP contribution < -0.4 is 5.32 Å². The number of aromatic nitrogens is 1. The molecule has 1 aliphatic heterocycles. The van der Waals surface area contributed by atoms with E-state index >= 15 is 0 Å². The summed E-state index contributed by atoms with van der Waals surface area (Å²) < 4.78 is 2.71. The summed E-state index contributed by atoms with van der Waals surface area (Å²) in [4.78, 5) is 12.3. The maximum atomic E-state index is 12.3. The molecule has 0 amide bonds. The van der Waals surface area contributed by atoms with Gasteiger partial charge in [0, 0.05) is 30.6 Å². The molecule has 0 radical (unpaired) electrons. The Bertz CT molecular complexity index is 429. The summed E-state index contributed by atoms with van der Waals surface area (Å²) in [6, 6.07) is 2.05. The van der Waals surface area contributed by atoms with Crippen molar-refractivity contribution >= 4 is 21.8 Å². The van der Waals surface area contributed by atoms with E-state index in [1.807, 2.05) is 31.4 Å². The van der Waals surface area contributed by atoms with Crippen molar-refractivity contribution in [3.63, 3.8) is 0 Å². The van der Waals surface area contributed by atoms with Crippen LogP contribution in [0, 0.1) is 5.41 Å². The predicted octanol–water partition coefficient (Wildman–Crippen LogP) is 2.58. The van der Waals surface area contributed by atoms with Crippen LogP contribution in [0.3, 0.4) is 0 Å². The molecule has 0 saturated carbocycles. The Balaban J connectivity index is 2.48. The van der Waals surface area contributed by atoms with E-state index < -0.39 is 0 Å². The molecule has 0 bridgehead atoms. The minimum absolute atomic E-state index is 0.155. The number of nitrogens with zero attached hydrogens (tertiary/aromatic N) is 1. The van der Waals surface area contributed by atoms with Crippen LogP contribution in [-0.4, -0.2) is 17.0 Å². The average Bonchev–Trinajstić information content (AvgIpc) is 2.51. The summed E-state index contributed by atoms with van der Waals surface area (Å²) >= 11 is 3.48. The highest BCUT2D eigenvalue weighted by atomic mass is 79.9. The maximum Gasteiger partial charge on any atom is 0.237 e. The van der Waals surface area contributed by atoms with Gasteiger partial charge >= 0.3 is 0 Å². The fraction of sp³-hybridized carbons (Fsp3) is 0.583. The van der Waals surface area contributed by atoms with E-state index in [4.69, 9.17) is 0 Å². The van der Waals surface area contributed by atoms with Gasteiger partial charge in [-0.3, -0.25) is 9.36 Å². The molecule has 0 atom stereocenters. The molecule has 88 valence electrons. The van der Waals surface area contributed by atoms with Gasteiger partial charge in [-0.15, -0.1) is 0 Å². The molecule has 0 unspecified atom stereocenters. The van der Waals surface area contributed by atoms with E-state index in [2.05, 4.69) is 21.2 Å². The maximum absolute atomic E-state index is 12.3. The van der Waals surface area contributed by atoms with Crippen LogP contribution in [0.2, 0.25) is 0 Å². The Kier molecular flexibility index (Phi) is 2.97. The number of carbonyl (C=O) groups is 1. The van der Waals surface area contributed by atoms with Gasteiger partial charge < -0.3 is 5.32 Å². The zero-order valence-corrected chi connectivity index (χ0v) is 11.5. The summed E-state index contributed by atoms with van der Waals surface area (Å²) in [6.45, 7) is 7.67. The van der Waals surface area contributed by atoms with E-state index in [-0.39, 0.29) is 11.3 Å². The minimum Gasteiger partial charge on any atom is -0.312 e. The molecular formula is C12H17BrN2O. The van der Waals surface area contributed by atoms with E-state index in [9.17, 15) is 4.79 Å². The highest BCUT2D eigenvalue weighted by Crippen LogP contribution is 2.28. The van der Waals surface area contributed by atoms with Gasteiger partial charge in [0.2, 0.25) is 5.91 Å². The first-order chi connectivity index (χ1) is 7.41. The standard InChI is InChI=1S/C12H17BrN2O/c1-12(2,3)11(16)15-9-4-5-14-7-8(9)6-10(15)13/h6,14H,4-5,7H2,1-3H3. The Labute approximate surface area is 104 Å². The van der Waals surface area contributed by atoms with E-state index in [0.717, 1.165) is 29.8 Å². The Morgan fingerprint density at radius 1 is 1.50 bits per heavy atom. The highest BCUT2D eigenvalue weighted by Gasteiger charge is 2.28. The van der Waals surface area contributed by atoms with Crippen molar-refractivity contribution < 1.29 is 4.79 Å². The molecule has 2 rings (SSSR count). The molecule has 1 aliphatic rings. The summed E-state index contributed by atoms with van der Waals surface area (Å²) in [5, 5.41) is 3.31. The lowest BCUT2D eigenvalue weighted by molar-refractivity contribution is 0.0760. The number of rotatable bonds is 0. The van der Waals surface area contributed by atoms with Crippen LogP contribution in [0.15, 0.2) is 10.7 Å². The number of hydrogen-bond donors (Lipinski definition) is 1. The molecule has 16 heavy (non-hydrogen) atoms. The predicted molar refractivity (Wildman–Crippen MR) is 67.6 cm³/mol. The zero-order valence-electron chi connectivity index (χ0n) is 9.93. The number of halogens is 1. The van der Waals surface area contributed by atoms with Crippen molar-refractivity contribution in [2.24, 2.45) is 5.41 Å². The molecule has 0 saturated heterocycles. The molecule has 1 N–H and O–H groups in total. The van der Waals surface area contributed by atoms with Crippen LogP contribution in [0.25, 0.3) is 0 Å². The lowest BCUT2D eigenvalue weighted by atomic mass is 9.95. The summed E-state index contributed by atoms with van der Waals surface area (Å²) in [5.41, 5.74) is 2.04. The number of hydrogen-bond acceptors (Lipinski definition) is 2. The SMILES string of the molecule is CC(C)(C)C(=O)n1c(Br)cc2c1CCNC2. The second-order valence-electron chi connectivity index (χ2n) is 5.26. The molecule has 0 aromatic carbocycles. The third-order valence-electron chi connectivity index (χ3n) is 2.85. The van der Waals surface area contributed by atoms with Crippen molar-refractivity contribution in [2.45, 2.75) is 33.7 Å². The summed E-state index contributed by atoms with van der Waals surface area (Å²) in [7, 11) is 0. The number of carbonyl (C=O) groups excluding carboxylic acids is 1. The first kappa shape index (κ1) is 11.9. The van der Waals surface area contributed by atoms with E-state index in [1.165, 1.54) is 5.56 Å². The molecule has 0 fully saturated rings. The Morgan fingerprint density at radius 2 is 2.19 bits per heavy atom. The molecule has 4 heteroatoms. The van der Waals surface area contributed by atoms with Crippen LogP contribution in [0.4, 0.5) is 0 Å². The summed E-state index contributed by atoms with van der Waals surface area (Å²) in [5.74, 6) is 0.155.